The number of nitrogens with one attached hydrogen (secondary N) is 2. The number of benzene rings is 1. The molecule has 0 saturated carbocycles. The standard InChI is InChI=1S/C18H27N3O3/c1-12(2)16(20-13(3)22)18(24)21-15(17(19)23)11-7-10-14-8-5-4-6-9-14/h4-6,8-9,12,15-16H,7,10-11H2,1-3H3,(H2,19,23)(H,20,22)(H,21,24)/t15-,16-/m1/s1. The van der Waals surface area contributed by atoms with Crippen molar-refractivity contribution in [1.82, 2.24) is 10.6 Å². The van der Waals surface area contributed by atoms with Crippen LogP contribution in [0.1, 0.15) is 39.2 Å². The van der Waals surface area contributed by atoms with Gasteiger partial charge in [-0.15, -0.1) is 0 Å². The zero-order chi connectivity index (χ0) is 18.1. The molecule has 0 aliphatic rings. The van der Waals surface area contributed by atoms with Crippen molar-refractivity contribution in [3.05, 3.63) is 35.9 Å². The Morgan fingerprint density at radius 3 is 2.21 bits per heavy atom. The molecular weight excluding hydrogens is 306 g/mol. The van der Waals surface area contributed by atoms with Crippen molar-refractivity contribution in [2.75, 3.05) is 0 Å². The van der Waals surface area contributed by atoms with Crippen LogP contribution in [-0.2, 0) is 20.8 Å². The van der Waals surface area contributed by atoms with E-state index in [0.717, 1.165) is 12.8 Å². The van der Waals surface area contributed by atoms with Crippen molar-refractivity contribution < 1.29 is 14.4 Å². The second kappa shape index (κ2) is 9.70. The van der Waals surface area contributed by atoms with E-state index in [1.165, 1.54) is 12.5 Å². The van der Waals surface area contributed by atoms with Gasteiger partial charge in [-0.25, -0.2) is 0 Å². The Morgan fingerprint density at radius 1 is 1.08 bits per heavy atom. The van der Waals surface area contributed by atoms with Crippen LogP contribution in [0.5, 0.6) is 0 Å². The minimum absolute atomic E-state index is 0.0910. The van der Waals surface area contributed by atoms with Crippen LogP contribution < -0.4 is 16.4 Å². The van der Waals surface area contributed by atoms with E-state index in [-0.39, 0.29) is 17.7 Å². The van der Waals surface area contributed by atoms with Gasteiger partial charge in [-0.1, -0.05) is 44.2 Å². The lowest BCUT2D eigenvalue weighted by molar-refractivity contribution is -0.131. The summed E-state index contributed by atoms with van der Waals surface area (Å²) in [5.74, 6) is -1.33. The second-order valence-corrected chi connectivity index (χ2v) is 6.26. The third kappa shape index (κ3) is 6.81. The SMILES string of the molecule is CC(=O)N[C@@H](C(=O)N[C@H](CCCc1ccccc1)C(N)=O)C(C)C. The van der Waals surface area contributed by atoms with Gasteiger partial charge in [0.2, 0.25) is 17.7 Å². The molecule has 6 heteroatoms. The number of nitrogens with two attached hydrogens (primary N) is 1. The third-order valence-electron chi connectivity index (χ3n) is 3.77. The first-order chi connectivity index (χ1) is 11.3. The fraction of sp³-hybridized carbons (Fsp3) is 0.500. The lowest BCUT2D eigenvalue weighted by Gasteiger charge is -2.24. The maximum Gasteiger partial charge on any atom is 0.243 e. The summed E-state index contributed by atoms with van der Waals surface area (Å²) >= 11 is 0. The van der Waals surface area contributed by atoms with Crippen molar-refractivity contribution in [3.8, 4) is 0 Å². The highest BCUT2D eigenvalue weighted by atomic mass is 16.2. The Balaban J connectivity index is 2.59. The molecule has 0 aliphatic carbocycles. The molecular formula is C18H27N3O3. The molecule has 0 saturated heterocycles. The number of primary amides is 1. The summed E-state index contributed by atoms with van der Waals surface area (Å²) in [6.07, 6.45) is 1.99. The summed E-state index contributed by atoms with van der Waals surface area (Å²) in [4.78, 5) is 35.2. The van der Waals surface area contributed by atoms with Gasteiger partial charge in [0.05, 0.1) is 0 Å². The highest BCUT2D eigenvalue weighted by Crippen LogP contribution is 2.08. The van der Waals surface area contributed by atoms with Gasteiger partial charge in [0.25, 0.3) is 0 Å². The highest BCUT2D eigenvalue weighted by molar-refractivity contribution is 5.91. The summed E-state index contributed by atoms with van der Waals surface area (Å²) in [7, 11) is 0. The Bertz CT molecular complexity index is 558. The van der Waals surface area contributed by atoms with Gasteiger partial charge in [-0.2, -0.15) is 0 Å². The first kappa shape index (κ1) is 19.7. The monoisotopic (exact) mass is 333 g/mol. The summed E-state index contributed by atoms with van der Waals surface area (Å²) in [5, 5.41) is 5.26. The average molecular weight is 333 g/mol. The quantitative estimate of drug-likeness (QED) is 0.631. The predicted octanol–water partition coefficient (Wildman–Crippen LogP) is 1.14. The van der Waals surface area contributed by atoms with Crippen molar-refractivity contribution in [2.45, 2.75) is 52.1 Å². The van der Waals surface area contributed by atoms with Crippen LogP contribution >= 0.6 is 0 Å². The van der Waals surface area contributed by atoms with E-state index < -0.39 is 18.0 Å². The zero-order valence-corrected chi connectivity index (χ0v) is 14.5. The van der Waals surface area contributed by atoms with E-state index >= 15 is 0 Å². The van der Waals surface area contributed by atoms with E-state index in [1.54, 1.807) is 0 Å². The molecule has 0 aromatic heterocycles. The third-order valence-corrected chi connectivity index (χ3v) is 3.77. The molecule has 1 aromatic carbocycles. The molecule has 1 rings (SSSR count). The van der Waals surface area contributed by atoms with Gasteiger partial charge in [0, 0.05) is 6.92 Å². The molecule has 0 unspecified atom stereocenters. The molecule has 0 spiro atoms. The molecule has 132 valence electrons. The average Bonchev–Trinajstić information content (AvgIpc) is 2.51. The number of amides is 3. The normalized spacial score (nSPS) is 13.2. The molecule has 4 N–H and O–H groups in total. The second-order valence-electron chi connectivity index (χ2n) is 6.26. The number of carbonyl (C=O) groups excluding carboxylic acids is 3. The Labute approximate surface area is 143 Å². The van der Waals surface area contributed by atoms with Gasteiger partial charge in [0.15, 0.2) is 0 Å². The fourth-order valence-corrected chi connectivity index (χ4v) is 2.46. The first-order valence-electron chi connectivity index (χ1n) is 8.22. The Hall–Kier alpha value is -2.37. The molecule has 0 heterocycles. The smallest absolute Gasteiger partial charge is 0.243 e. The summed E-state index contributed by atoms with van der Waals surface area (Å²) in [6.45, 7) is 5.01. The molecule has 0 bridgehead atoms. The molecule has 0 radical (unpaired) electrons. The lowest BCUT2D eigenvalue weighted by Crippen LogP contribution is -2.54. The van der Waals surface area contributed by atoms with E-state index in [1.807, 2.05) is 44.2 Å². The van der Waals surface area contributed by atoms with Crippen LogP contribution in [0.4, 0.5) is 0 Å². The van der Waals surface area contributed by atoms with E-state index in [4.69, 9.17) is 5.73 Å². The maximum atomic E-state index is 12.3. The maximum absolute atomic E-state index is 12.3. The first-order valence-corrected chi connectivity index (χ1v) is 8.22. The number of rotatable bonds is 9. The van der Waals surface area contributed by atoms with Crippen molar-refractivity contribution in [1.29, 1.82) is 0 Å². The zero-order valence-electron chi connectivity index (χ0n) is 14.5. The van der Waals surface area contributed by atoms with Crippen LogP contribution in [0.3, 0.4) is 0 Å². The lowest BCUT2D eigenvalue weighted by atomic mass is 10.0. The van der Waals surface area contributed by atoms with E-state index in [9.17, 15) is 14.4 Å². The molecule has 0 fully saturated rings. The summed E-state index contributed by atoms with van der Waals surface area (Å²) in [6, 6.07) is 8.48. The van der Waals surface area contributed by atoms with Crippen LogP contribution in [0.2, 0.25) is 0 Å². The highest BCUT2D eigenvalue weighted by Gasteiger charge is 2.26. The molecule has 3 amide bonds. The predicted molar refractivity (Wildman–Crippen MR) is 92.9 cm³/mol. The van der Waals surface area contributed by atoms with E-state index in [2.05, 4.69) is 10.6 Å². The topological polar surface area (TPSA) is 101 Å². The van der Waals surface area contributed by atoms with Crippen molar-refractivity contribution in [2.24, 2.45) is 11.7 Å². The van der Waals surface area contributed by atoms with Gasteiger partial charge in [0.1, 0.15) is 12.1 Å². The Morgan fingerprint density at radius 2 is 1.71 bits per heavy atom. The molecule has 2 atom stereocenters. The summed E-state index contributed by atoms with van der Waals surface area (Å²) < 4.78 is 0. The molecule has 24 heavy (non-hydrogen) atoms. The number of aryl methyl sites for hydroxylation is 1. The van der Waals surface area contributed by atoms with E-state index in [0.29, 0.717) is 6.42 Å². The van der Waals surface area contributed by atoms with Crippen LogP contribution in [0.25, 0.3) is 0 Å². The number of carbonyl (C=O) groups is 3. The van der Waals surface area contributed by atoms with Crippen LogP contribution in [0, 0.1) is 5.92 Å². The van der Waals surface area contributed by atoms with Crippen molar-refractivity contribution >= 4 is 17.7 Å². The molecule has 6 nitrogen and oxygen atoms in total. The summed E-state index contributed by atoms with van der Waals surface area (Å²) in [5.41, 5.74) is 6.57. The Kier molecular flexibility index (Phi) is 7.95. The van der Waals surface area contributed by atoms with Gasteiger partial charge < -0.3 is 16.4 Å². The van der Waals surface area contributed by atoms with Gasteiger partial charge in [-0.3, -0.25) is 14.4 Å². The fourth-order valence-electron chi connectivity index (χ4n) is 2.46. The van der Waals surface area contributed by atoms with Gasteiger partial charge in [-0.05, 0) is 30.7 Å². The minimum atomic E-state index is -0.740. The van der Waals surface area contributed by atoms with Gasteiger partial charge >= 0.3 is 0 Å². The van der Waals surface area contributed by atoms with Crippen LogP contribution in [-0.4, -0.2) is 29.8 Å². The number of hydrogen-bond donors (Lipinski definition) is 3. The molecule has 0 aliphatic heterocycles. The molecule has 1 aromatic rings. The van der Waals surface area contributed by atoms with Crippen molar-refractivity contribution in [3.63, 3.8) is 0 Å². The largest absolute Gasteiger partial charge is 0.368 e. The number of hydrogen-bond acceptors (Lipinski definition) is 3. The minimum Gasteiger partial charge on any atom is -0.368 e. The van der Waals surface area contributed by atoms with Crippen LogP contribution in [0.15, 0.2) is 30.3 Å².